The van der Waals surface area contributed by atoms with Gasteiger partial charge in [0.1, 0.15) is 24.1 Å². The summed E-state index contributed by atoms with van der Waals surface area (Å²) in [5.41, 5.74) is 4.67. The third-order valence-electron chi connectivity index (χ3n) is 4.10. The molecule has 1 atom stereocenters. The van der Waals surface area contributed by atoms with Gasteiger partial charge in [0.2, 0.25) is 0 Å². The van der Waals surface area contributed by atoms with Crippen LogP contribution in [0.15, 0.2) is 30.3 Å². The minimum Gasteiger partial charge on any atom is -0.446 e. The fraction of sp³-hybridized carbons (Fsp3) is 0.294. The lowest BCUT2D eigenvalue weighted by Crippen LogP contribution is -2.47. The van der Waals surface area contributed by atoms with Crippen LogP contribution in [0.3, 0.4) is 0 Å². The minimum absolute atomic E-state index is 0.0431. The van der Waals surface area contributed by atoms with Crippen molar-refractivity contribution in [3.63, 3.8) is 0 Å². The third-order valence-corrected chi connectivity index (χ3v) is 4.10. The molecule has 0 spiro atoms. The predicted octanol–water partition coefficient (Wildman–Crippen LogP) is 2.37. The first-order valence-electron chi connectivity index (χ1n) is 8.10. The maximum absolute atomic E-state index is 13.1. The second-order valence-electron chi connectivity index (χ2n) is 6.13. The molecule has 8 nitrogen and oxygen atoms in total. The van der Waals surface area contributed by atoms with E-state index < -0.39 is 29.8 Å². The van der Waals surface area contributed by atoms with Crippen LogP contribution in [0.4, 0.5) is 35.4 Å². The van der Waals surface area contributed by atoms with Crippen molar-refractivity contribution in [2.45, 2.75) is 19.1 Å². The number of alkyl halides is 3. The summed E-state index contributed by atoms with van der Waals surface area (Å²) in [5.74, 6) is -0.525. The number of pyridine rings is 2. The number of carbonyl (C=O) groups excluding carboxylic acids is 2. The van der Waals surface area contributed by atoms with Crippen LogP contribution in [0.25, 0.3) is 0 Å². The number of rotatable bonds is 3. The van der Waals surface area contributed by atoms with Gasteiger partial charge in [-0.1, -0.05) is 6.07 Å². The monoisotopic (exact) mass is 395 g/mol. The highest BCUT2D eigenvalue weighted by Crippen LogP contribution is 2.33. The van der Waals surface area contributed by atoms with E-state index in [-0.39, 0.29) is 29.8 Å². The van der Waals surface area contributed by atoms with Crippen LogP contribution in [0, 0.1) is 6.92 Å². The molecule has 2 aromatic rings. The number of likely N-dealkylation sites (N-methyl/N-ethyl adjacent to an activating group) is 1. The fourth-order valence-corrected chi connectivity index (χ4v) is 2.76. The number of nitrogens with two attached hydrogens (primary N) is 1. The predicted molar refractivity (Wildman–Crippen MR) is 93.7 cm³/mol. The third kappa shape index (κ3) is 3.68. The van der Waals surface area contributed by atoms with Gasteiger partial charge in [-0.2, -0.15) is 13.2 Å². The van der Waals surface area contributed by atoms with E-state index in [2.05, 4.69) is 9.97 Å². The van der Waals surface area contributed by atoms with Gasteiger partial charge in [0.05, 0.1) is 5.56 Å². The van der Waals surface area contributed by atoms with Gasteiger partial charge in [-0.15, -0.1) is 0 Å². The zero-order valence-electron chi connectivity index (χ0n) is 14.9. The summed E-state index contributed by atoms with van der Waals surface area (Å²) in [6, 6.07) is 5.02. The number of hydrogen-bond donors (Lipinski definition) is 1. The van der Waals surface area contributed by atoms with E-state index in [1.807, 2.05) is 0 Å². The van der Waals surface area contributed by atoms with Crippen molar-refractivity contribution >= 4 is 29.5 Å². The first kappa shape index (κ1) is 19.4. The molecule has 3 heterocycles. The van der Waals surface area contributed by atoms with Crippen LogP contribution < -0.4 is 15.5 Å². The lowest BCUT2D eigenvalue weighted by atomic mass is 10.2. The van der Waals surface area contributed by atoms with Crippen molar-refractivity contribution in [1.29, 1.82) is 0 Å². The van der Waals surface area contributed by atoms with E-state index in [1.165, 1.54) is 26.1 Å². The van der Waals surface area contributed by atoms with Gasteiger partial charge in [-0.05, 0) is 31.2 Å². The molecule has 2 N–H and O–H groups in total. The summed E-state index contributed by atoms with van der Waals surface area (Å²) in [5, 5.41) is 0. The molecule has 1 saturated heterocycles. The average Bonchev–Trinajstić information content (AvgIpc) is 3.00. The van der Waals surface area contributed by atoms with Gasteiger partial charge in [-0.3, -0.25) is 9.69 Å². The molecule has 1 unspecified atom stereocenters. The molecule has 28 heavy (non-hydrogen) atoms. The Kier molecular flexibility index (Phi) is 4.84. The van der Waals surface area contributed by atoms with Gasteiger partial charge in [0.25, 0.3) is 5.91 Å². The topological polar surface area (TPSA) is 102 Å². The van der Waals surface area contributed by atoms with Crippen LogP contribution in [0.2, 0.25) is 0 Å². The van der Waals surface area contributed by atoms with E-state index >= 15 is 0 Å². The number of nitrogens with zero attached hydrogens (tertiary/aromatic N) is 4. The quantitative estimate of drug-likeness (QED) is 0.856. The number of amides is 2. The maximum Gasteiger partial charge on any atom is 0.416 e. The number of carbonyl (C=O) groups is 2. The van der Waals surface area contributed by atoms with Crippen LogP contribution in [-0.2, 0) is 15.7 Å². The number of anilines is 3. The number of hydrogen-bond acceptors (Lipinski definition) is 6. The Bertz CT molecular complexity index is 934. The zero-order chi connectivity index (χ0) is 20.6. The van der Waals surface area contributed by atoms with Gasteiger partial charge in [-0.25, -0.2) is 19.7 Å². The van der Waals surface area contributed by atoms with E-state index in [4.69, 9.17) is 10.5 Å². The summed E-state index contributed by atoms with van der Waals surface area (Å²) in [4.78, 5) is 35.0. The number of aryl methyl sites for hydroxylation is 1. The summed E-state index contributed by atoms with van der Waals surface area (Å²) in [6.45, 7) is 1.03. The summed E-state index contributed by atoms with van der Waals surface area (Å²) >= 11 is 0. The molecule has 148 valence electrons. The molecule has 0 bridgehead atoms. The smallest absolute Gasteiger partial charge is 0.416 e. The molecule has 1 aliphatic rings. The molecule has 0 radical (unpaired) electrons. The highest BCUT2D eigenvalue weighted by atomic mass is 19.4. The average molecular weight is 395 g/mol. The fourth-order valence-electron chi connectivity index (χ4n) is 2.76. The second-order valence-corrected chi connectivity index (χ2v) is 6.13. The second kappa shape index (κ2) is 6.98. The molecule has 1 fully saturated rings. The van der Waals surface area contributed by atoms with Crippen molar-refractivity contribution in [3.05, 3.63) is 41.6 Å². The number of nitrogen functional groups attached to an aromatic ring is 1. The molecule has 1 aliphatic heterocycles. The Morgan fingerprint density at radius 3 is 2.68 bits per heavy atom. The number of halogens is 3. The lowest BCUT2D eigenvalue weighted by Gasteiger charge is -2.25. The van der Waals surface area contributed by atoms with Crippen molar-refractivity contribution in [3.8, 4) is 0 Å². The normalized spacial score (nSPS) is 16.8. The summed E-state index contributed by atoms with van der Waals surface area (Å²) in [7, 11) is 1.41. The highest BCUT2D eigenvalue weighted by Gasteiger charge is 2.43. The van der Waals surface area contributed by atoms with Crippen molar-refractivity contribution in [1.82, 2.24) is 9.97 Å². The molecule has 3 rings (SSSR count). The summed E-state index contributed by atoms with van der Waals surface area (Å²) < 4.78 is 44.3. The Labute approximate surface area is 157 Å². The lowest BCUT2D eigenvalue weighted by molar-refractivity contribution is -0.137. The van der Waals surface area contributed by atoms with Crippen molar-refractivity contribution < 1.29 is 27.5 Å². The molecular weight excluding hydrogens is 379 g/mol. The van der Waals surface area contributed by atoms with Gasteiger partial charge in [0, 0.05) is 12.7 Å². The van der Waals surface area contributed by atoms with Crippen LogP contribution >= 0.6 is 0 Å². The van der Waals surface area contributed by atoms with E-state index in [9.17, 15) is 22.8 Å². The first-order valence-corrected chi connectivity index (χ1v) is 8.10. The SMILES string of the molecule is Cc1cc(C(F)(F)F)cc(N2C(=O)OCC2C(=O)N(C)c2cccc(N)n2)n1. The van der Waals surface area contributed by atoms with Gasteiger partial charge < -0.3 is 10.5 Å². The number of aromatic nitrogens is 2. The molecule has 2 amide bonds. The van der Waals surface area contributed by atoms with Gasteiger partial charge in [0.15, 0.2) is 6.04 Å². The van der Waals surface area contributed by atoms with E-state index in [0.717, 1.165) is 15.9 Å². The molecule has 0 saturated carbocycles. The highest BCUT2D eigenvalue weighted by molar-refractivity contribution is 6.05. The Morgan fingerprint density at radius 2 is 2.04 bits per heavy atom. The molecule has 0 aromatic carbocycles. The Morgan fingerprint density at radius 1 is 1.32 bits per heavy atom. The summed E-state index contributed by atoms with van der Waals surface area (Å²) in [6.07, 6.45) is -5.59. The standard InChI is InChI=1S/C17H16F3N5O3/c1-9-6-10(17(18,19)20)7-14(22-9)25-11(8-28-16(25)27)15(26)24(2)13-5-3-4-12(21)23-13/h3-7,11H,8H2,1-2H3,(H2,21,23). The molecule has 11 heteroatoms. The van der Waals surface area contributed by atoms with Crippen molar-refractivity contribution in [2.24, 2.45) is 0 Å². The molecule has 0 aliphatic carbocycles. The Hall–Kier alpha value is -3.37. The minimum atomic E-state index is -4.63. The van der Waals surface area contributed by atoms with Gasteiger partial charge >= 0.3 is 12.3 Å². The Balaban J connectivity index is 1.96. The van der Waals surface area contributed by atoms with Crippen molar-refractivity contribution in [2.75, 3.05) is 29.2 Å². The first-order chi connectivity index (χ1) is 13.1. The molecule has 2 aromatic heterocycles. The maximum atomic E-state index is 13.1. The zero-order valence-corrected chi connectivity index (χ0v) is 14.9. The van der Waals surface area contributed by atoms with E-state index in [0.29, 0.717) is 6.07 Å². The largest absolute Gasteiger partial charge is 0.446 e. The number of ether oxygens (including phenoxy) is 1. The van der Waals surface area contributed by atoms with Crippen LogP contribution in [-0.4, -0.2) is 41.7 Å². The van der Waals surface area contributed by atoms with E-state index in [1.54, 1.807) is 6.07 Å². The van der Waals surface area contributed by atoms with Crippen LogP contribution in [0.1, 0.15) is 11.3 Å². The molecular formula is C17H16F3N5O3. The van der Waals surface area contributed by atoms with Crippen LogP contribution in [0.5, 0.6) is 0 Å². The number of cyclic esters (lactones) is 1.